The molecular weight excluding hydrogens is 341 g/mol. The van der Waals surface area contributed by atoms with E-state index in [1.807, 2.05) is 0 Å². The number of rotatable bonds is 2. The Morgan fingerprint density at radius 2 is 2.25 bits per heavy atom. The third-order valence-corrected chi connectivity index (χ3v) is 5.18. The second-order valence-corrected chi connectivity index (χ2v) is 6.70. The summed E-state index contributed by atoms with van der Waals surface area (Å²) in [5, 5.41) is 5.07. The Bertz CT molecular complexity index is 655. The maximum atomic E-state index is 13.5. The van der Waals surface area contributed by atoms with Gasteiger partial charge in [-0.3, -0.25) is 4.79 Å². The second kappa shape index (κ2) is 5.66. The van der Waals surface area contributed by atoms with Crippen molar-refractivity contribution in [3.8, 4) is 0 Å². The van der Waals surface area contributed by atoms with Gasteiger partial charge in [0, 0.05) is 10.4 Å². The topological polar surface area (TPSA) is 29.1 Å². The number of carbonyl (C=O) groups excluding carboxylic acids is 1. The zero-order valence-electron chi connectivity index (χ0n) is 10.7. The quantitative estimate of drug-likeness (QED) is 0.848. The maximum Gasteiger partial charge on any atom is 0.251 e. The monoisotopic (exact) mass is 353 g/mol. The first-order valence-electron chi connectivity index (χ1n) is 6.47. The van der Waals surface area contributed by atoms with E-state index in [1.54, 1.807) is 23.5 Å². The zero-order chi connectivity index (χ0) is 14.1. The first kappa shape index (κ1) is 13.8. The van der Waals surface area contributed by atoms with Crippen molar-refractivity contribution in [1.82, 2.24) is 5.32 Å². The zero-order valence-corrected chi connectivity index (χ0v) is 13.1. The average Bonchev–Trinajstić information content (AvgIpc) is 2.91. The number of thiophene rings is 1. The Labute approximate surface area is 129 Å². The van der Waals surface area contributed by atoms with Gasteiger partial charge in [0.25, 0.3) is 5.91 Å². The molecule has 1 unspecified atom stereocenters. The number of benzene rings is 1. The van der Waals surface area contributed by atoms with E-state index in [-0.39, 0.29) is 11.9 Å². The number of aryl methyl sites for hydroxylation is 1. The number of halogens is 2. The van der Waals surface area contributed by atoms with Gasteiger partial charge in [-0.25, -0.2) is 4.39 Å². The minimum Gasteiger partial charge on any atom is -0.345 e. The van der Waals surface area contributed by atoms with E-state index >= 15 is 0 Å². The molecule has 1 aliphatic rings. The van der Waals surface area contributed by atoms with Gasteiger partial charge in [-0.05, 0) is 70.4 Å². The fraction of sp³-hybridized carbons (Fsp3) is 0.267. The van der Waals surface area contributed by atoms with Crippen LogP contribution in [-0.2, 0) is 6.42 Å². The van der Waals surface area contributed by atoms with Gasteiger partial charge in [0.05, 0.1) is 10.5 Å². The SMILES string of the molecule is O=C(NC1CCCc2sccc21)c1ccc(Br)c(F)c1. The van der Waals surface area contributed by atoms with E-state index < -0.39 is 5.82 Å². The number of hydrogen-bond donors (Lipinski definition) is 1. The minimum absolute atomic E-state index is 0.0456. The third-order valence-electron chi connectivity index (χ3n) is 3.54. The summed E-state index contributed by atoms with van der Waals surface area (Å²) in [6, 6.07) is 6.56. The van der Waals surface area contributed by atoms with Crippen LogP contribution in [0.25, 0.3) is 0 Å². The van der Waals surface area contributed by atoms with Crippen LogP contribution in [0, 0.1) is 5.82 Å². The molecule has 2 nitrogen and oxygen atoms in total. The molecule has 5 heteroatoms. The summed E-state index contributed by atoms with van der Waals surface area (Å²) in [6.45, 7) is 0. The van der Waals surface area contributed by atoms with Gasteiger partial charge < -0.3 is 5.32 Å². The summed E-state index contributed by atoms with van der Waals surface area (Å²) >= 11 is 4.83. The Morgan fingerprint density at radius 3 is 3.05 bits per heavy atom. The first-order valence-corrected chi connectivity index (χ1v) is 8.14. The molecule has 0 saturated carbocycles. The summed E-state index contributed by atoms with van der Waals surface area (Å²) in [7, 11) is 0. The molecule has 0 bridgehead atoms. The van der Waals surface area contributed by atoms with E-state index in [0.717, 1.165) is 19.3 Å². The van der Waals surface area contributed by atoms with E-state index in [0.29, 0.717) is 10.0 Å². The molecule has 1 aromatic heterocycles. The Balaban J connectivity index is 1.79. The predicted octanol–water partition coefficient (Wildman–Crippen LogP) is 4.46. The van der Waals surface area contributed by atoms with Gasteiger partial charge in [-0.15, -0.1) is 11.3 Å². The summed E-state index contributed by atoms with van der Waals surface area (Å²) in [5.41, 5.74) is 1.57. The first-order chi connectivity index (χ1) is 9.65. The molecule has 20 heavy (non-hydrogen) atoms. The third kappa shape index (κ3) is 2.65. The van der Waals surface area contributed by atoms with Gasteiger partial charge in [-0.2, -0.15) is 0 Å². The molecule has 0 aliphatic heterocycles. The van der Waals surface area contributed by atoms with Crippen LogP contribution in [0.5, 0.6) is 0 Å². The van der Waals surface area contributed by atoms with Crippen molar-refractivity contribution in [2.24, 2.45) is 0 Å². The normalized spacial score (nSPS) is 17.6. The van der Waals surface area contributed by atoms with Crippen molar-refractivity contribution in [2.75, 3.05) is 0 Å². The van der Waals surface area contributed by atoms with Gasteiger partial charge in [0.2, 0.25) is 0 Å². The summed E-state index contributed by atoms with van der Waals surface area (Å²) in [4.78, 5) is 13.6. The largest absolute Gasteiger partial charge is 0.345 e. The minimum atomic E-state index is -0.419. The number of fused-ring (bicyclic) bond motifs is 1. The lowest BCUT2D eigenvalue weighted by Gasteiger charge is -2.23. The number of nitrogens with one attached hydrogen (secondary N) is 1. The number of hydrogen-bond acceptors (Lipinski definition) is 2. The molecule has 1 atom stereocenters. The van der Waals surface area contributed by atoms with E-state index in [2.05, 4.69) is 32.7 Å². The van der Waals surface area contributed by atoms with Crippen LogP contribution < -0.4 is 5.32 Å². The van der Waals surface area contributed by atoms with Crippen molar-refractivity contribution in [2.45, 2.75) is 25.3 Å². The second-order valence-electron chi connectivity index (χ2n) is 4.85. The molecule has 0 spiro atoms. The van der Waals surface area contributed by atoms with Crippen LogP contribution in [0.1, 0.15) is 39.7 Å². The highest BCUT2D eigenvalue weighted by Gasteiger charge is 2.23. The van der Waals surface area contributed by atoms with Crippen LogP contribution >= 0.6 is 27.3 Å². The Morgan fingerprint density at radius 1 is 1.40 bits per heavy atom. The number of amides is 1. The Kier molecular flexibility index (Phi) is 3.89. The van der Waals surface area contributed by atoms with Crippen LogP contribution in [0.4, 0.5) is 4.39 Å². The predicted molar refractivity (Wildman–Crippen MR) is 81.6 cm³/mol. The van der Waals surface area contributed by atoms with Crippen molar-refractivity contribution in [3.63, 3.8) is 0 Å². The van der Waals surface area contributed by atoms with Crippen molar-refractivity contribution in [1.29, 1.82) is 0 Å². The van der Waals surface area contributed by atoms with Crippen molar-refractivity contribution >= 4 is 33.2 Å². The maximum absolute atomic E-state index is 13.5. The molecule has 3 rings (SSSR count). The van der Waals surface area contributed by atoms with E-state index in [4.69, 9.17) is 0 Å². The Hall–Kier alpha value is -1.20. The van der Waals surface area contributed by atoms with Crippen LogP contribution in [0.2, 0.25) is 0 Å². The summed E-state index contributed by atoms with van der Waals surface area (Å²) < 4.78 is 13.8. The summed E-state index contributed by atoms with van der Waals surface area (Å²) in [5.74, 6) is -0.641. The molecule has 1 heterocycles. The fourth-order valence-corrected chi connectivity index (χ4v) is 3.75. The standard InChI is InChI=1S/C15H13BrFNOS/c16-11-5-4-9(8-12(11)17)15(19)18-13-2-1-3-14-10(13)6-7-20-14/h4-8,13H,1-3H2,(H,18,19). The van der Waals surface area contributed by atoms with Crippen LogP contribution in [0.3, 0.4) is 0 Å². The van der Waals surface area contributed by atoms with Crippen LogP contribution in [-0.4, -0.2) is 5.91 Å². The lowest BCUT2D eigenvalue weighted by molar-refractivity contribution is 0.0932. The van der Waals surface area contributed by atoms with Crippen molar-refractivity contribution in [3.05, 3.63) is 55.9 Å². The van der Waals surface area contributed by atoms with E-state index in [1.165, 1.54) is 16.5 Å². The molecular formula is C15H13BrFNOS. The molecule has 1 amide bonds. The van der Waals surface area contributed by atoms with Gasteiger partial charge in [-0.1, -0.05) is 0 Å². The molecule has 1 N–H and O–H groups in total. The molecule has 2 aromatic rings. The molecule has 0 fully saturated rings. The average molecular weight is 354 g/mol. The lowest BCUT2D eigenvalue weighted by atomic mass is 9.94. The highest BCUT2D eigenvalue weighted by atomic mass is 79.9. The summed E-state index contributed by atoms with van der Waals surface area (Å²) in [6.07, 6.45) is 3.11. The van der Waals surface area contributed by atoms with Crippen LogP contribution in [0.15, 0.2) is 34.1 Å². The molecule has 0 saturated heterocycles. The molecule has 1 aliphatic carbocycles. The van der Waals surface area contributed by atoms with Gasteiger partial charge in [0.1, 0.15) is 5.82 Å². The van der Waals surface area contributed by atoms with Gasteiger partial charge >= 0.3 is 0 Å². The van der Waals surface area contributed by atoms with Gasteiger partial charge in [0.15, 0.2) is 0 Å². The molecule has 0 radical (unpaired) electrons. The number of carbonyl (C=O) groups is 1. The molecule has 104 valence electrons. The lowest BCUT2D eigenvalue weighted by Crippen LogP contribution is -2.30. The smallest absolute Gasteiger partial charge is 0.251 e. The van der Waals surface area contributed by atoms with E-state index in [9.17, 15) is 9.18 Å². The molecule has 1 aromatic carbocycles. The van der Waals surface area contributed by atoms with Crippen molar-refractivity contribution < 1.29 is 9.18 Å². The fourth-order valence-electron chi connectivity index (χ4n) is 2.52. The highest BCUT2D eigenvalue weighted by Crippen LogP contribution is 2.33. The highest BCUT2D eigenvalue weighted by molar-refractivity contribution is 9.10.